The quantitative estimate of drug-likeness (QED) is 0.854. The van der Waals surface area contributed by atoms with E-state index in [9.17, 15) is 0 Å². The van der Waals surface area contributed by atoms with Gasteiger partial charge in [0.2, 0.25) is 0 Å². The third-order valence-electron chi connectivity index (χ3n) is 2.32. The number of benzene rings is 1. The minimum atomic E-state index is -0.332. The van der Waals surface area contributed by atoms with Crippen LogP contribution in [0.4, 0.5) is 5.69 Å². The number of allylic oxidation sites excluding steroid dienone is 2. The Morgan fingerprint density at radius 3 is 2.10 bits per heavy atom. The SMILES string of the molecule is COc1cc(OC)c(NC(C#N)=C(C#N)C#N)cc1Cl. The number of ether oxygens (including phenoxy) is 2. The van der Waals surface area contributed by atoms with Gasteiger partial charge in [-0.1, -0.05) is 11.6 Å². The summed E-state index contributed by atoms with van der Waals surface area (Å²) < 4.78 is 10.2. The van der Waals surface area contributed by atoms with Gasteiger partial charge >= 0.3 is 0 Å². The van der Waals surface area contributed by atoms with E-state index in [-0.39, 0.29) is 11.3 Å². The molecule has 0 heterocycles. The second-order valence-corrected chi connectivity index (χ2v) is 3.80. The molecule has 0 spiro atoms. The van der Waals surface area contributed by atoms with E-state index in [1.807, 2.05) is 0 Å². The fourth-order valence-corrected chi connectivity index (χ4v) is 1.62. The van der Waals surface area contributed by atoms with E-state index in [0.717, 1.165) is 0 Å². The van der Waals surface area contributed by atoms with Crippen LogP contribution in [0, 0.1) is 34.0 Å². The fourth-order valence-electron chi connectivity index (χ4n) is 1.38. The summed E-state index contributed by atoms with van der Waals surface area (Å²) in [6.45, 7) is 0. The van der Waals surface area contributed by atoms with Crippen LogP contribution < -0.4 is 14.8 Å². The van der Waals surface area contributed by atoms with Gasteiger partial charge in [-0.05, 0) is 6.07 Å². The zero-order chi connectivity index (χ0) is 15.1. The van der Waals surface area contributed by atoms with Crippen LogP contribution >= 0.6 is 11.6 Å². The molecule has 1 rings (SSSR count). The monoisotopic (exact) mass is 288 g/mol. The molecule has 0 aliphatic carbocycles. The molecule has 0 fully saturated rings. The molecule has 20 heavy (non-hydrogen) atoms. The molecule has 1 N–H and O–H groups in total. The lowest BCUT2D eigenvalue weighted by Gasteiger charge is -2.13. The number of nitriles is 3. The standard InChI is InChI=1S/C13H9ClN4O2/c1-19-12-4-13(20-2)10(3-9(12)14)18-11(7-17)8(5-15)6-16/h3-4,18H,1-2H3. The molecular weight excluding hydrogens is 280 g/mol. The Bertz CT molecular complexity index is 661. The number of nitrogens with zero attached hydrogens (tertiary/aromatic N) is 3. The number of methoxy groups -OCH3 is 2. The Kier molecular flexibility index (Phi) is 5.23. The predicted molar refractivity (Wildman–Crippen MR) is 72.0 cm³/mol. The van der Waals surface area contributed by atoms with Crippen molar-refractivity contribution < 1.29 is 9.47 Å². The molecule has 0 aliphatic rings. The lowest BCUT2D eigenvalue weighted by Crippen LogP contribution is -2.03. The smallest absolute Gasteiger partial charge is 0.163 e. The largest absolute Gasteiger partial charge is 0.495 e. The Hall–Kier alpha value is -2.88. The highest BCUT2D eigenvalue weighted by atomic mass is 35.5. The highest BCUT2D eigenvalue weighted by Gasteiger charge is 2.13. The predicted octanol–water partition coefficient (Wildman–Crippen LogP) is 2.59. The maximum Gasteiger partial charge on any atom is 0.163 e. The van der Waals surface area contributed by atoms with Crippen LogP contribution in [-0.2, 0) is 0 Å². The highest BCUT2D eigenvalue weighted by molar-refractivity contribution is 6.32. The normalized spacial score (nSPS) is 8.60. The van der Waals surface area contributed by atoms with E-state index < -0.39 is 0 Å². The molecular formula is C13H9ClN4O2. The number of hydrogen-bond acceptors (Lipinski definition) is 6. The van der Waals surface area contributed by atoms with Gasteiger partial charge in [0.1, 0.15) is 35.4 Å². The fraction of sp³-hybridized carbons (Fsp3) is 0.154. The first kappa shape index (κ1) is 15.2. The summed E-state index contributed by atoms with van der Waals surface area (Å²) in [6.07, 6.45) is 0. The van der Waals surface area contributed by atoms with E-state index in [0.29, 0.717) is 22.2 Å². The Balaban J connectivity index is 3.33. The van der Waals surface area contributed by atoms with E-state index in [1.165, 1.54) is 26.4 Å². The van der Waals surface area contributed by atoms with Crippen molar-refractivity contribution in [2.45, 2.75) is 0 Å². The molecule has 0 bridgehead atoms. The van der Waals surface area contributed by atoms with Gasteiger partial charge in [-0.2, -0.15) is 15.8 Å². The molecule has 100 valence electrons. The van der Waals surface area contributed by atoms with Gasteiger partial charge < -0.3 is 14.8 Å². The van der Waals surface area contributed by atoms with E-state index in [2.05, 4.69) is 5.32 Å². The Labute approximate surface area is 121 Å². The van der Waals surface area contributed by atoms with Crippen LogP contribution in [-0.4, -0.2) is 14.2 Å². The number of nitrogens with one attached hydrogen (secondary N) is 1. The summed E-state index contributed by atoms with van der Waals surface area (Å²) in [7, 11) is 2.89. The first-order valence-electron chi connectivity index (χ1n) is 5.24. The van der Waals surface area contributed by atoms with Crippen molar-refractivity contribution in [2.24, 2.45) is 0 Å². The van der Waals surface area contributed by atoms with Crippen LogP contribution in [0.5, 0.6) is 11.5 Å². The molecule has 0 radical (unpaired) electrons. The van der Waals surface area contributed by atoms with Gasteiger partial charge in [0.25, 0.3) is 0 Å². The number of anilines is 1. The van der Waals surface area contributed by atoms with E-state index >= 15 is 0 Å². The summed E-state index contributed by atoms with van der Waals surface area (Å²) in [5, 5.41) is 29.5. The second-order valence-electron chi connectivity index (χ2n) is 3.40. The number of rotatable bonds is 4. The molecule has 0 amide bonds. The minimum absolute atomic E-state index is 0.186. The van der Waals surface area contributed by atoms with Crippen LogP contribution in [0.3, 0.4) is 0 Å². The van der Waals surface area contributed by atoms with Crippen molar-refractivity contribution in [1.82, 2.24) is 0 Å². The summed E-state index contributed by atoms with van der Waals surface area (Å²) in [5.41, 5.74) is -0.172. The lowest BCUT2D eigenvalue weighted by atomic mass is 10.2. The first-order valence-corrected chi connectivity index (χ1v) is 5.62. The van der Waals surface area contributed by atoms with Crippen molar-refractivity contribution >= 4 is 17.3 Å². The Morgan fingerprint density at radius 2 is 1.65 bits per heavy atom. The average Bonchev–Trinajstić information content (AvgIpc) is 2.47. The molecule has 7 heteroatoms. The van der Waals surface area contributed by atoms with Gasteiger partial charge in [-0.25, -0.2) is 0 Å². The minimum Gasteiger partial charge on any atom is -0.495 e. The maximum absolute atomic E-state index is 8.98. The summed E-state index contributed by atoms with van der Waals surface area (Å²) >= 11 is 5.98. The van der Waals surface area contributed by atoms with Gasteiger partial charge in [0, 0.05) is 6.07 Å². The first-order chi connectivity index (χ1) is 9.60. The summed E-state index contributed by atoms with van der Waals surface area (Å²) in [6, 6.07) is 8.01. The number of hydrogen-bond donors (Lipinski definition) is 1. The van der Waals surface area contributed by atoms with E-state index in [4.69, 9.17) is 36.9 Å². The topological polar surface area (TPSA) is 102 Å². The molecule has 0 saturated heterocycles. The lowest BCUT2D eigenvalue weighted by molar-refractivity contribution is 0.395. The molecule has 0 aromatic heterocycles. The van der Waals surface area contributed by atoms with Crippen LogP contribution in [0.25, 0.3) is 0 Å². The van der Waals surface area contributed by atoms with Crippen LogP contribution in [0.1, 0.15) is 0 Å². The van der Waals surface area contributed by atoms with Gasteiger partial charge in [0.15, 0.2) is 5.57 Å². The van der Waals surface area contributed by atoms with E-state index in [1.54, 1.807) is 18.2 Å². The summed E-state index contributed by atoms with van der Waals surface area (Å²) in [4.78, 5) is 0. The molecule has 0 aliphatic heterocycles. The van der Waals surface area contributed by atoms with Crippen molar-refractivity contribution in [2.75, 3.05) is 19.5 Å². The van der Waals surface area contributed by atoms with Crippen molar-refractivity contribution in [3.8, 4) is 29.7 Å². The summed E-state index contributed by atoms with van der Waals surface area (Å²) in [5.74, 6) is 0.756. The third-order valence-corrected chi connectivity index (χ3v) is 2.61. The molecule has 1 aromatic rings. The van der Waals surface area contributed by atoms with Crippen molar-refractivity contribution in [3.05, 3.63) is 28.4 Å². The van der Waals surface area contributed by atoms with Crippen LogP contribution in [0.15, 0.2) is 23.4 Å². The van der Waals surface area contributed by atoms with Crippen molar-refractivity contribution in [3.63, 3.8) is 0 Å². The second kappa shape index (κ2) is 6.89. The zero-order valence-electron chi connectivity index (χ0n) is 10.7. The highest BCUT2D eigenvalue weighted by Crippen LogP contribution is 2.36. The molecule has 0 atom stereocenters. The van der Waals surface area contributed by atoms with Gasteiger partial charge in [-0.15, -0.1) is 0 Å². The average molecular weight is 289 g/mol. The third kappa shape index (κ3) is 3.11. The van der Waals surface area contributed by atoms with Crippen molar-refractivity contribution in [1.29, 1.82) is 15.8 Å². The molecule has 0 saturated carbocycles. The zero-order valence-corrected chi connectivity index (χ0v) is 11.4. The molecule has 1 aromatic carbocycles. The van der Waals surface area contributed by atoms with Gasteiger partial charge in [0.05, 0.1) is 24.9 Å². The molecule has 6 nitrogen and oxygen atoms in total. The molecule has 0 unspecified atom stereocenters. The number of halogens is 1. The van der Waals surface area contributed by atoms with Gasteiger partial charge in [-0.3, -0.25) is 0 Å². The maximum atomic E-state index is 8.98. The Morgan fingerprint density at radius 1 is 1.05 bits per heavy atom. The van der Waals surface area contributed by atoms with Crippen LogP contribution in [0.2, 0.25) is 5.02 Å².